The first-order valence-corrected chi connectivity index (χ1v) is 7.17. The number of rotatable bonds is 1. The van der Waals surface area contributed by atoms with Gasteiger partial charge in [-0.15, -0.1) is 0 Å². The van der Waals surface area contributed by atoms with Crippen LogP contribution >= 0.6 is 35.2 Å². The van der Waals surface area contributed by atoms with E-state index in [0.29, 0.717) is 19.8 Å². The Morgan fingerprint density at radius 1 is 1.37 bits per heavy atom. The van der Waals surface area contributed by atoms with Crippen LogP contribution in [0.3, 0.4) is 0 Å². The van der Waals surface area contributed by atoms with Gasteiger partial charge in [0.2, 0.25) is 5.35 Å². The Kier molecular flexibility index (Phi) is 3.05. The van der Waals surface area contributed by atoms with Crippen LogP contribution in [-0.4, -0.2) is 9.51 Å². The second kappa shape index (κ2) is 4.59. The number of thiazole rings is 1. The van der Waals surface area contributed by atoms with Gasteiger partial charge in [-0.25, -0.2) is 4.57 Å². The number of aromatic nitrogens is 2. The molecule has 2 heterocycles. The largest absolute Gasteiger partial charge is 0.503 e. The number of imidazole rings is 1. The maximum atomic E-state index is 10.4. The van der Waals surface area contributed by atoms with Crippen molar-refractivity contribution in [3.8, 4) is 0 Å². The highest BCUT2D eigenvalue weighted by Gasteiger charge is 2.16. The summed E-state index contributed by atoms with van der Waals surface area (Å²) in [5.74, 6) is 0.170. The number of benzene rings is 1. The summed E-state index contributed by atoms with van der Waals surface area (Å²) >= 11 is 12.7. The molecule has 0 aliphatic rings. The molecule has 0 aliphatic heterocycles. The monoisotopic (exact) mass is 309 g/mol. The van der Waals surface area contributed by atoms with Crippen LogP contribution in [0.25, 0.3) is 10.7 Å². The van der Waals surface area contributed by atoms with Crippen LogP contribution in [0.15, 0.2) is 36.7 Å². The van der Waals surface area contributed by atoms with E-state index in [0.717, 1.165) is 4.96 Å². The van der Waals surface area contributed by atoms with Crippen molar-refractivity contribution < 1.29 is 9.67 Å². The first-order valence-electron chi connectivity index (χ1n) is 5.56. The molecule has 0 unspecified atom stereocenters. The summed E-state index contributed by atoms with van der Waals surface area (Å²) in [5, 5.41) is 11.7. The standard InChI is InChI=1S/C13H9ClN2OS2/c1-15-6-7-16-10(12(18)19-13(15)16)11(17)8-2-4-9(14)5-3-8/h2-7H,1H3/p+1. The second-order valence-electron chi connectivity index (χ2n) is 4.16. The fourth-order valence-corrected chi connectivity index (χ4v) is 3.40. The summed E-state index contributed by atoms with van der Waals surface area (Å²) in [5.41, 5.74) is 0.701. The molecule has 0 bridgehead atoms. The molecule has 19 heavy (non-hydrogen) atoms. The Bertz CT molecular complexity index is 865. The summed E-state index contributed by atoms with van der Waals surface area (Å²) in [6, 6.07) is 7.05. The molecular formula is C13H10ClN2OS2+. The Hall–Kier alpha value is -1.43. The van der Waals surface area contributed by atoms with Crippen LogP contribution in [0.2, 0.25) is 5.02 Å². The minimum absolute atomic E-state index is 0.170. The molecular weight excluding hydrogens is 300 g/mol. The predicted octanol–water partition coefficient (Wildman–Crippen LogP) is 2.64. The fraction of sp³-hybridized carbons (Fsp3) is 0.0769. The van der Waals surface area contributed by atoms with Crippen molar-refractivity contribution >= 4 is 45.9 Å². The Morgan fingerprint density at radius 3 is 2.74 bits per heavy atom. The lowest BCUT2D eigenvalue weighted by Crippen LogP contribution is -2.25. The molecule has 0 saturated heterocycles. The summed E-state index contributed by atoms with van der Waals surface area (Å²) < 4.78 is 4.54. The van der Waals surface area contributed by atoms with Gasteiger partial charge >= 0.3 is 4.96 Å². The smallest absolute Gasteiger partial charge is 0.347 e. The summed E-state index contributed by atoms with van der Waals surface area (Å²) in [6.45, 7) is 0. The van der Waals surface area contributed by atoms with Crippen LogP contribution in [0, 0.1) is 3.82 Å². The minimum Gasteiger partial charge on any atom is -0.503 e. The molecule has 3 nitrogen and oxygen atoms in total. The Morgan fingerprint density at radius 2 is 2.05 bits per heavy atom. The molecule has 2 aromatic heterocycles. The van der Waals surface area contributed by atoms with E-state index in [1.54, 1.807) is 24.3 Å². The van der Waals surface area contributed by atoms with Gasteiger partial charge < -0.3 is 5.11 Å². The van der Waals surface area contributed by atoms with Crippen LogP contribution < -0.4 is 9.92 Å². The molecule has 3 rings (SSSR count). The number of aryl methyl sites for hydroxylation is 1. The highest BCUT2D eigenvalue weighted by atomic mass is 35.5. The van der Waals surface area contributed by atoms with E-state index in [9.17, 15) is 5.11 Å². The number of aliphatic hydroxyl groups excluding tert-OH is 1. The summed E-state index contributed by atoms with van der Waals surface area (Å²) in [4.78, 5) is 0.987. The van der Waals surface area contributed by atoms with Gasteiger partial charge in [-0.2, -0.15) is 4.40 Å². The normalized spacial score (nSPS) is 12.9. The molecule has 0 spiro atoms. The Labute approximate surface area is 123 Å². The number of aliphatic hydroxyl groups is 1. The molecule has 96 valence electrons. The van der Waals surface area contributed by atoms with E-state index in [1.807, 2.05) is 28.4 Å². The maximum absolute atomic E-state index is 10.4. The molecule has 0 radical (unpaired) electrons. The Balaban J connectivity index is 2.38. The van der Waals surface area contributed by atoms with Crippen molar-refractivity contribution in [3.63, 3.8) is 0 Å². The van der Waals surface area contributed by atoms with Gasteiger partial charge in [0, 0.05) is 10.6 Å². The SMILES string of the molecule is C[n+]1ccn2/c(=C(\O)c3ccc(Cl)cc3)c(=S)sc21. The molecule has 6 heteroatoms. The number of hydrogen-bond acceptors (Lipinski definition) is 3. The van der Waals surface area contributed by atoms with Crippen LogP contribution in [0.5, 0.6) is 0 Å². The molecule has 0 aliphatic carbocycles. The first-order chi connectivity index (χ1) is 9.08. The summed E-state index contributed by atoms with van der Waals surface area (Å²) in [7, 11) is 1.95. The fourth-order valence-electron chi connectivity index (χ4n) is 1.94. The van der Waals surface area contributed by atoms with E-state index in [4.69, 9.17) is 23.8 Å². The second-order valence-corrected chi connectivity index (χ2v) is 6.24. The molecule has 1 N–H and O–H groups in total. The molecule has 0 amide bonds. The lowest BCUT2D eigenvalue weighted by atomic mass is 10.2. The molecule has 0 fully saturated rings. The van der Waals surface area contributed by atoms with E-state index in [1.165, 1.54) is 11.3 Å². The third-order valence-electron chi connectivity index (χ3n) is 2.91. The van der Waals surface area contributed by atoms with Crippen molar-refractivity contribution in [2.24, 2.45) is 7.05 Å². The average molecular weight is 310 g/mol. The van der Waals surface area contributed by atoms with Gasteiger partial charge in [0.25, 0.3) is 0 Å². The first kappa shape index (κ1) is 12.6. The topological polar surface area (TPSA) is 28.5 Å². The minimum atomic E-state index is 0.170. The van der Waals surface area contributed by atoms with Crippen LogP contribution in [0.4, 0.5) is 0 Å². The predicted molar refractivity (Wildman–Crippen MR) is 79.1 cm³/mol. The number of fused-ring (bicyclic) bond motifs is 1. The van der Waals surface area contributed by atoms with E-state index >= 15 is 0 Å². The maximum Gasteiger partial charge on any atom is 0.347 e. The van der Waals surface area contributed by atoms with Crippen molar-refractivity contribution in [1.29, 1.82) is 0 Å². The van der Waals surface area contributed by atoms with Gasteiger partial charge in [0.1, 0.15) is 16.2 Å². The van der Waals surface area contributed by atoms with Gasteiger partial charge in [-0.3, -0.25) is 0 Å². The molecule has 0 saturated carbocycles. The lowest BCUT2D eigenvalue weighted by molar-refractivity contribution is -0.642. The van der Waals surface area contributed by atoms with Crippen LogP contribution in [0.1, 0.15) is 5.56 Å². The molecule has 1 aromatic carbocycles. The highest BCUT2D eigenvalue weighted by molar-refractivity contribution is 7.73. The van der Waals surface area contributed by atoms with Crippen molar-refractivity contribution in [1.82, 2.24) is 4.40 Å². The van der Waals surface area contributed by atoms with Gasteiger partial charge in [0.05, 0.1) is 7.05 Å². The number of hydrogen-bond donors (Lipinski definition) is 1. The van der Waals surface area contributed by atoms with E-state index in [-0.39, 0.29) is 5.76 Å². The number of nitrogens with zero attached hydrogens (tertiary/aromatic N) is 2. The molecule has 3 aromatic rings. The third-order valence-corrected chi connectivity index (χ3v) is 4.65. The van der Waals surface area contributed by atoms with Crippen molar-refractivity contribution in [2.75, 3.05) is 0 Å². The number of halogens is 1. The molecule has 0 atom stereocenters. The summed E-state index contributed by atoms with van der Waals surface area (Å²) in [6.07, 6.45) is 3.82. The zero-order chi connectivity index (χ0) is 13.6. The van der Waals surface area contributed by atoms with Gasteiger partial charge in [0.15, 0.2) is 5.76 Å². The van der Waals surface area contributed by atoms with Crippen LogP contribution in [-0.2, 0) is 7.05 Å². The van der Waals surface area contributed by atoms with Gasteiger partial charge in [-0.1, -0.05) is 23.8 Å². The highest BCUT2D eigenvalue weighted by Crippen LogP contribution is 2.15. The van der Waals surface area contributed by atoms with Crippen molar-refractivity contribution in [2.45, 2.75) is 0 Å². The van der Waals surface area contributed by atoms with Crippen molar-refractivity contribution in [3.05, 3.63) is 56.4 Å². The average Bonchev–Trinajstić information content (AvgIpc) is 2.89. The lowest BCUT2D eigenvalue weighted by Gasteiger charge is -1.97. The van der Waals surface area contributed by atoms with Gasteiger partial charge in [-0.05, 0) is 35.6 Å². The zero-order valence-electron chi connectivity index (χ0n) is 10.0. The third kappa shape index (κ3) is 2.04. The van der Waals surface area contributed by atoms with E-state index < -0.39 is 0 Å². The van der Waals surface area contributed by atoms with E-state index in [2.05, 4.69) is 0 Å². The quantitative estimate of drug-likeness (QED) is 0.553. The zero-order valence-corrected chi connectivity index (χ0v) is 12.4.